The van der Waals surface area contributed by atoms with Gasteiger partial charge in [0.05, 0.1) is 23.3 Å². The quantitative estimate of drug-likeness (QED) is 0.0129. The van der Waals surface area contributed by atoms with Gasteiger partial charge in [0.2, 0.25) is 27.2 Å². The lowest BCUT2D eigenvalue weighted by Gasteiger charge is -2.29. The Morgan fingerprint density at radius 3 is 1.02 bits per heavy atom. The van der Waals surface area contributed by atoms with Crippen LogP contribution in [0.15, 0.2) is 215 Å². The van der Waals surface area contributed by atoms with Gasteiger partial charge in [0.25, 0.3) is 0 Å². The third kappa shape index (κ3) is 29.3. The number of phenols is 1. The molecule has 0 spiro atoms. The molecule has 3 aliphatic rings. The number of benzene rings is 7. The van der Waals surface area contributed by atoms with Crippen LogP contribution in [0.3, 0.4) is 0 Å². The average Bonchev–Trinajstić information content (AvgIpc) is 0.835. The van der Waals surface area contributed by atoms with Gasteiger partial charge in [-0.2, -0.15) is 0 Å². The number of aliphatic hydroxyl groups excluding tert-OH is 2. The highest BCUT2D eigenvalue weighted by atomic mass is 35.5. The molecular formula is C85H93ClO21. The van der Waals surface area contributed by atoms with Crippen LogP contribution in [-0.4, -0.2) is 114 Å². The van der Waals surface area contributed by atoms with Gasteiger partial charge in [0.1, 0.15) is 34.9 Å². The molecule has 3 saturated carbocycles. The molecule has 3 fully saturated rings. The first-order valence-corrected chi connectivity index (χ1v) is 35.3. The van der Waals surface area contributed by atoms with Crippen molar-refractivity contribution in [3.63, 3.8) is 0 Å². The van der Waals surface area contributed by atoms with Crippen molar-refractivity contribution in [3.05, 3.63) is 259 Å². The Kier molecular flexibility index (Phi) is 35.8. The van der Waals surface area contributed by atoms with Crippen molar-refractivity contribution in [2.24, 2.45) is 0 Å². The molecule has 0 aromatic heterocycles. The SMILES string of the molecule is C=CC(=O)OCCl.C=CC(=O)OCOc1ccc(-c2ccc(C(=O)O)cc2)cc1.C=CC(=O)OCOc1ccc(-c2ccc(C(=O)OC3CCC(c4ccc(OCOC(=O)C=C)c(C)c4)CC3)cc2)cc1.C=CC(=O)OCOc1ccc(C2CCC(O)CC2)cc1C.Cc1cc(C2CCC(O)CC2)ccc1O. The highest BCUT2D eigenvalue weighted by Gasteiger charge is 2.27. The summed E-state index contributed by atoms with van der Waals surface area (Å²) in [5, 5.41) is 37.3. The Balaban J connectivity index is 0.000000232. The van der Waals surface area contributed by atoms with Gasteiger partial charge in [-0.25, -0.2) is 33.6 Å². The van der Waals surface area contributed by atoms with Crippen LogP contribution >= 0.6 is 11.6 Å². The summed E-state index contributed by atoms with van der Waals surface area (Å²) in [4.78, 5) is 77.7. The van der Waals surface area contributed by atoms with Crippen molar-refractivity contribution in [1.29, 1.82) is 0 Å². The normalized spacial score (nSPS) is 16.8. The molecule has 0 radical (unpaired) electrons. The Hall–Kier alpha value is -11.3. The Morgan fingerprint density at radius 2 is 0.701 bits per heavy atom. The minimum Gasteiger partial charge on any atom is -0.508 e. The van der Waals surface area contributed by atoms with Crippen molar-refractivity contribution in [1.82, 2.24) is 0 Å². The third-order valence-electron chi connectivity index (χ3n) is 17.7. The van der Waals surface area contributed by atoms with Crippen LogP contribution in [0.5, 0.6) is 28.7 Å². The number of hydrogen-bond donors (Lipinski definition) is 4. The van der Waals surface area contributed by atoms with E-state index in [9.17, 15) is 48.9 Å². The van der Waals surface area contributed by atoms with Gasteiger partial charge in [-0.15, -0.1) is 0 Å². The number of aliphatic hydroxyl groups is 2. The minimum atomic E-state index is -0.954. The van der Waals surface area contributed by atoms with Crippen LogP contribution in [0.1, 0.15) is 149 Å². The second kappa shape index (κ2) is 45.2. The number of hydrogen-bond acceptors (Lipinski definition) is 20. The number of esters is 6. The molecule has 7 aromatic carbocycles. The van der Waals surface area contributed by atoms with Crippen molar-refractivity contribution < 1.29 is 101 Å². The number of ether oxygens (including phenoxy) is 10. The summed E-state index contributed by atoms with van der Waals surface area (Å²) < 4.78 is 50.9. The van der Waals surface area contributed by atoms with Crippen LogP contribution in [0, 0.1) is 20.8 Å². The van der Waals surface area contributed by atoms with Gasteiger partial charge in [-0.05, 0) is 238 Å². The maximum atomic E-state index is 12.8. The molecule has 7 aromatic rings. The van der Waals surface area contributed by atoms with Crippen molar-refractivity contribution in [2.45, 2.75) is 134 Å². The molecule has 566 valence electrons. The molecule has 3 aliphatic carbocycles. The van der Waals surface area contributed by atoms with E-state index in [-0.39, 0.29) is 63.1 Å². The number of carbonyl (C=O) groups is 7. The van der Waals surface area contributed by atoms with Gasteiger partial charge >= 0.3 is 41.8 Å². The summed E-state index contributed by atoms with van der Waals surface area (Å²) >= 11 is 4.98. The molecule has 22 heteroatoms. The number of carboxylic acid groups (broad SMARTS) is 1. The molecule has 0 heterocycles. The second-order valence-corrected chi connectivity index (χ2v) is 25.2. The standard InChI is InChI=1S/C34H34O8.C17H14O5.C17H22O4.C13H18O2.C4H5ClO2/c1-4-32(35)40-21-38-29-15-10-25(11-16-29)24-6-8-27(9-7-24)34(37)42-30-17-12-26(13-18-30)28-14-19-31(23(3)20-28)39-22-41-33(36)5-2;1-2-16(18)22-11-21-15-9-7-13(8-10-15)12-3-5-14(6-4-12)17(19)20;1-3-17(19)21-11-20-16-9-6-14(10-12(16)2)13-4-7-15(18)8-5-13;1-9-8-11(4-7-13(9)15)10-2-5-12(14)6-3-10;1-2-4(6)7-3-5/h4-11,14-16,19-20,26,30H,1-2,12-13,17-18,21-22H2,3H3;2-10H,1,11H2,(H,19,20);3,6,9-10,13,15,18H,1,4-5,7-8,11H2,2H3;4,7-8,10,12,14-15H,2-3,5-6H2,1H3;2H,1,3H2. The third-order valence-corrected chi connectivity index (χ3v) is 17.8. The zero-order chi connectivity index (χ0) is 77.6. The van der Waals surface area contributed by atoms with E-state index in [4.69, 9.17) is 59.3 Å². The Bertz CT molecular complexity index is 4070. The summed E-state index contributed by atoms with van der Waals surface area (Å²) in [5.41, 5.74) is 11.2. The zero-order valence-corrected chi connectivity index (χ0v) is 61.2. The molecule has 0 unspecified atom stereocenters. The van der Waals surface area contributed by atoms with E-state index < -0.39 is 35.8 Å². The van der Waals surface area contributed by atoms with E-state index in [0.29, 0.717) is 52.1 Å². The highest BCUT2D eigenvalue weighted by molar-refractivity contribution is 6.17. The molecule has 21 nitrogen and oxygen atoms in total. The van der Waals surface area contributed by atoms with Crippen molar-refractivity contribution in [3.8, 4) is 51.0 Å². The topological polar surface area (TPSA) is 293 Å². The van der Waals surface area contributed by atoms with Gasteiger partial charge in [-0.1, -0.05) is 129 Å². The number of phenolic OH excluding ortho intramolecular Hbond substituents is 1. The molecule has 0 atom stereocenters. The van der Waals surface area contributed by atoms with Gasteiger partial charge < -0.3 is 67.8 Å². The molecule has 107 heavy (non-hydrogen) atoms. The van der Waals surface area contributed by atoms with Crippen LogP contribution in [0.25, 0.3) is 22.3 Å². The largest absolute Gasteiger partial charge is 0.508 e. The summed E-state index contributed by atoms with van der Waals surface area (Å²) in [6.45, 7) is 21.7. The smallest absolute Gasteiger partial charge is 0.338 e. The fraction of sp³-hybridized carbons (Fsp3) is 0.306. The molecule has 0 bridgehead atoms. The summed E-state index contributed by atoms with van der Waals surface area (Å²) in [6.07, 6.45) is 16.2. The lowest BCUT2D eigenvalue weighted by Crippen LogP contribution is -2.24. The average molecular weight is 1490 g/mol. The second-order valence-electron chi connectivity index (χ2n) is 25.0. The predicted octanol–water partition coefficient (Wildman–Crippen LogP) is 16.5. The first kappa shape index (κ1) is 84.7. The van der Waals surface area contributed by atoms with E-state index in [2.05, 4.69) is 61.9 Å². The molecule has 0 aliphatic heterocycles. The van der Waals surface area contributed by atoms with Gasteiger partial charge in [0, 0.05) is 30.4 Å². The molecular weight excluding hydrogens is 1390 g/mol. The molecule has 4 N–H and O–H groups in total. The first-order valence-electron chi connectivity index (χ1n) is 34.8. The fourth-order valence-corrected chi connectivity index (χ4v) is 11.8. The Morgan fingerprint density at radius 1 is 0.393 bits per heavy atom. The fourth-order valence-electron chi connectivity index (χ4n) is 11.7. The number of carbonyl (C=O) groups excluding carboxylic acids is 6. The lowest BCUT2D eigenvalue weighted by molar-refractivity contribution is -0.145. The zero-order valence-electron chi connectivity index (χ0n) is 60.4. The predicted molar refractivity (Wildman–Crippen MR) is 405 cm³/mol. The van der Waals surface area contributed by atoms with Gasteiger partial charge in [0.15, 0.2) is 6.07 Å². The monoisotopic (exact) mass is 1480 g/mol. The number of aromatic carboxylic acids is 1. The van der Waals surface area contributed by atoms with Crippen molar-refractivity contribution in [2.75, 3.05) is 33.2 Å². The van der Waals surface area contributed by atoms with Crippen LogP contribution in [0.2, 0.25) is 0 Å². The number of rotatable bonds is 26. The van der Waals surface area contributed by atoms with E-state index in [1.54, 1.807) is 66.7 Å². The lowest BCUT2D eigenvalue weighted by atomic mass is 9.82. The van der Waals surface area contributed by atoms with E-state index >= 15 is 0 Å². The molecule has 0 amide bonds. The maximum Gasteiger partial charge on any atom is 0.338 e. The molecule has 0 saturated heterocycles. The number of carboxylic acids is 1. The summed E-state index contributed by atoms with van der Waals surface area (Å²) in [6, 6.07) is 46.2. The summed E-state index contributed by atoms with van der Waals surface area (Å²) in [5.74, 6) is 0.445. The van der Waals surface area contributed by atoms with Crippen LogP contribution in [0.4, 0.5) is 0 Å². The molecule has 10 rings (SSSR count). The van der Waals surface area contributed by atoms with E-state index in [1.165, 1.54) is 16.7 Å². The van der Waals surface area contributed by atoms with Crippen LogP contribution < -0.4 is 18.9 Å². The highest BCUT2D eigenvalue weighted by Crippen LogP contribution is 2.39. The maximum absolute atomic E-state index is 12.8. The van der Waals surface area contributed by atoms with Gasteiger partial charge in [-0.3, -0.25) is 0 Å². The van der Waals surface area contributed by atoms with Crippen molar-refractivity contribution >= 4 is 53.4 Å². The van der Waals surface area contributed by atoms with E-state index in [0.717, 1.165) is 146 Å². The minimum absolute atomic E-state index is 0.0977. The van der Waals surface area contributed by atoms with E-state index in [1.807, 2.05) is 81.4 Å². The number of aryl methyl sites for hydroxylation is 3. The number of halogens is 1. The van der Waals surface area contributed by atoms with Crippen LogP contribution in [-0.2, 0) is 52.4 Å². The first-order chi connectivity index (χ1) is 51.5. The summed E-state index contributed by atoms with van der Waals surface area (Å²) in [7, 11) is 0. The number of alkyl halides is 1. The number of aromatic hydroxyl groups is 1. The Labute approximate surface area is 629 Å².